The Hall–Kier alpha value is -1.23. The fourth-order valence-electron chi connectivity index (χ4n) is 2.16. The van der Waals surface area contributed by atoms with Crippen molar-refractivity contribution in [3.8, 4) is 5.88 Å². The van der Waals surface area contributed by atoms with Crippen molar-refractivity contribution >= 4 is 27.5 Å². The van der Waals surface area contributed by atoms with Gasteiger partial charge < -0.3 is 14.6 Å². The van der Waals surface area contributed by atoms with Crippen molar-refractivity contribution in [1.82, 2.24) is 8.68 Å². The zero-order valence-electron chi connectivity index (χ0n) is 11.6. The minimum absolute atomic E-state index is 0.0396. The first-order valence-electron chi connectivity index (χ1n) is 6.12. The molecule has 0 aromatic carbocycles. The number of aliphatic hydroxyl groups is 1. The van der Waals surface area contributed by atoms with Gasteiger partial charge in [-0.2, -0.15) is 8.68 Å². The molecule has 0 bridgehead atoms. The number of nitrogens with zero attached hydrogens (tertiary/aromatic N) is 2. The minimum Gasteiger partial charge on any atom is -0.480 e. The van der Waals surface area contributed by atoms with Crippen LogP contribution in [0.3, 0.4) is 0 Å². The van der Waals surface area contributed by atoms with Crippen LogP contribution < -0.4 is 4.74 Å². The average Bonchev–Trinajstić information content (AvgIpc) is 3.04. The van der Waals surface area contributed by atoms with Gasteiger partial charge in [-0.3, -0.25) is 4.79 Å². The van der Waals surface area contributed by atoms with Crippen molar-refractivity contribution in [3.63, 3.8) is 0 Å². The SMILES string of the molecule is COC(=O)C1CC(O)CN1S(=O)(=O)Cc1cc(OC)ns1. The molecular weight excluding hydrogens is 320 g/mol. The van der Waals surface area contributed by atoms with Crippen LogP contribution in [0.5, 0.6) is 5.88 Å². The molecule has 10 heteroatoms. The number of sulfonamides is 1. The summed E-state index contributed by atoms with van der Waals surface area (Å²) < 4.78 is 39.3. The van der Waals surface area contributed by atoms with E-state index in [0.29, 0.717) is 10.8 Å². The largest absolute Gasteiger partial charge is 0.480 e. The Kier molecular flexibility index (Phi) is 4.81. The second-order valence-corrected chi connectivity index (χ2v) is 7.40. The Morgan fingerprint density at radius 1 is 1.57 bits per heavy atom. The smallest absolute Gasteiger partial charge is 0.324 e. The van der Waals surface area contributed by atoms with Gasteiger partial charge in [0, 0.05) is 23.9 Å². The summed E-state index contributed by atoms with van der Waals surface area (Å²) >= 11 is 1.02. The number of hydrogen-bond acceptors (Lipinski definition) is 8. The molecule has 1 N–H and O–H groups in total. The highest BCUT2D eigenvalue weighted by Crippen LogP contribution is 2.26. The molecule has 0 aliphatic carbocycles. The van der Waals surface area contributed by atoms with Gasteiger partial charge in [0.2, 0.25) is 15.9 Å². The van der Waals surface area contributed by atoms with Gasteiger partial charge in [-0.25, -0.2) is 8.42 Å². The van der Waals surface area contributed by atoms with E-state index in [1.54, 1.807) is 0 Å². The molecule has 2 unspecified atom stereocenters. The van der Waals surface area contributed by atoms with Crippen LogP contribution in [0.2, 0.25) is 0 Å². The molecule has 1 aliphatic rings. The molecule has 2 rings (SSSR count). The van der Waals surface area contributed by atoms with Gasteiger partial charge in [0.05, 0.1) is 20.3 Å². The fraction of sp³-hybridized carbons (Fsp3) is 0.636. The van der Waals surface area contributed by atoms with Crippen LogP contribution in [0, 0.1) is 0 Å². The third-order valence-corrected chi connectivity index (χ3v) is 5.88. The van der Waals surface area contributed by atoms with Crippen molar-refractivity contribution in [2.24, 2.45) is 0 Å². The summed E-state index contributed by atoms with van der Waals surface area (Å²) in [6.45, 7) is -0.113. The van der Waals surface area contributed by atoms with Crippen molar-refractivity contribution in [3.05, 3.63) is 10.9 Å². The molecule has 0 radical (unpaired) electrons. The molecule has 2 atom stereocenters. The number of aliphatic hydroxyl groups excluding tert-OH is 1. The summed E-state index contributed by atoms with van der Waals surface area (Å²) in [6.07, 6.45) is -0.836. The summed E-state index contributed by atoms with van der Waals surface area (Å²) in [5, 5.41) is 9.64. The summed E-state index contributed by atoms with van der Waals surface area (Å²) in [5.74, 6) is -0.623. The van der Waals surface area contributed by atoms with Gasteiger partial charge in [0.1, 0.15) is 11.8 Å². The number of esters is 1. The van der Waals surface area contributed by atoms with Crippen LogP contribution in [0.15, 0.2) is 6.07 Å². The van der Waals surface area contributed by atoms with Gasteiger partial charge in [-0.1, -0.05) is 0 Å². The van der Waals surface area contributed by atoms with Gasteiger partial charge in [0.25, 0.3) is 0 Å². The maximum Gasteiger partial charge on any atom is 0.324 e. The number of β-amino-alcohol motifs (C(OH)–C–C–N with tert-alkyl or cyclic N) is 1. The monoisotopic (exact) mass is 336 g/mol. The van der Waals surface area contributed by atoms with Crippen LogP contribution in [0.25, 0.3) is 0 Å². The zero-order valence-corrected chi connectivity index (χ0v) is 13.2. The first-order valence-corrected chi connectivity index (χ1v) is 8.50. The van der Waals surface area contributed by atoms with Crippen LogP contribution in [-0.2, 0) is 25.3 Å². The standard InChI is InChI=1S/C11H16N2O6S2/c1-18-10-4-8(20-12-10)6-21(16,17)13-5-7(14)3-9(13)11(15)19-2/h4,7,9,14H,3,5-6H2,1-2H3. The van der Waals surface area contributed by atoms with Gasteiger partial charge in [0.15, 0.2) is 0 Å². The molecule has 0 spiro atoms. The number of carbonyl (C=O) groups is 1. The predicted molar refractivity (Wildman–Crippen MR) is 74.4 cm³/mol. The summed E-state index contributed by atoms with van der Waals surface area (Å²) in [7, 11) is -1.13. The Balaban J connectivity index is 2.19. The molecule has 8 nitrogen and oxygen atoms in total. The average molecular weight is 336 g/mol. The number of hydrogen-bond donors (Lipinski definition) is 1. The van der Waals surface area contributed by atoms with E-state index in [1.165, 1.54) is 20.3 Å². The lowest BCUT2D eigenvalue weighted by molar-refractivity contribution is -0.144. The van der Waals surface area contributed by atoms with E-state index < -0.39 is 28.1 Å². The molecule has 21 heavy (non-hydrogen) atoms. The third-order valence-electron chi connectivity index (χ3n) is 3.14. The minimum atomic E-state index is -3.76. The van der Waals surface area contributed by atoms with Gasteiger partial charge >= 0.3 is 5.97 Å². The Morgan fingerprint density at radius 2 is 2.29 bits per heavy atom. The van der Waals surface area contributed by atoms with Crippen LogP contribution in [-0.4, -0.2) is 61.1 Å². The highest BCUT2D eigenvalue weighted by atomic mass is 32.2. The summed E-state index contributed by atoms with van der Waals surface area (Å²) in [6, 6.07) is 0.548. The number of aromatic nitrogens is 1. The van der Waals surface area contributed by atoms with Crippen LogP contribution in [0.1, 0.15) is 11.3 Å². The molecule has 118 valence electrons. The summed E-state index contributed by atoms with van der Waals surface area (Å²) in [5.41, 5.74) is 0. The molecule has 0 saturated carbocycles. The van der Waals surface area contributed by atoms with E-state index >= 15 is 0 Å². The topological polar surface area (TPSA) is 106 Å². The lowest BCUT2D eigenvalue weighted by Crippen LogP contribution is -2.41. The second kappa shape index (κ2) is 6.26. The summed E-state index contributed by atoms with van der Waals surface area (Å²) in [4.78, 5) is 12.1. The molecule has 1 fully saturated rings. The Morgan fingerprint density at radius 3 is 2.86 bits per heavy atom. The molecule has 1 aromatic heterocycles. The first kappa shape index (κ1) is 16.1. The molecule has 2 heterocycles. The van der Waals surface area contributed by atoms with E-state index in [-0.39, 0.29) is 18.7 Å². The second-order valence-electron chi connectivity index (χ2n) is 4.59. The lowest BCUT2D eigenvalue weighted by atomic mass is 10.2. The van der Waals surface area contributed by atoms with Crippen molar-refractivity contribution < 1.29 is 27.8 Å². The van der Waals surface area contributed by atoms with Crippen LogP contribution >= 0.6 is 11.5 Å². The molecular formula is C11H16N2O6S2. The highest BCUT2D eigenvalue weighted by molar-refractivity contribution is 7.88. The Labute approximate surface area is 126 Å². The molecule has 0 amide bonds. The van der Waals surface area contributed by atoms with E-state index in [2.05, 4.69) is 9.11 Å². The quantitative estimate of drug-likeness (QED) is 0.729. The molecule has 1 saturated heterocycles. The maximum absolute atomic E-state index is 12.4. The maximum atomic E-state index is 12.4. The van der Waals surface area contributed by atoms with Gasteiger partial charge in [-0.15, -0.1) is 0 Å². The fourth-order valence-corrected chi connectivity index (χ4v) is 4.88. The van der Waals surface area contributed by atoms with Gasteiger partial charge in [-0.05, 0) is 11.5 Å². The molecule has 1 aromatic rings. The number of carbonyl (C=O) groups excluding carboxylic acids is 1. The molecule has 1 aliphatic heterocycles. The van der Waals surface area contributed by atoms with E-state index in [0.717, 1.165) is 15.8 Å². The van der Waals surface area contributed by atoms with Crippen LogP contribution in [0.4, 0.5) is 0 Å². The third kappa shape index (κ3) is 3.51. The highest BCUT2D eigenvalue weighted by Gasteiger charge is 2.43. The normalized spacial score (nSPS) is 23.2. The predicted octanol–water partition coefficient (Wildman–Crippen LogP) is -0.410. The number of ether oxygens (including phenoxy) is 2. The van der Waals surface area contributed by atoms with Crippen molar-refractivity contribution in [2.75, 3.05) is 20.8 Å². The number of rotatable bonds is 5. The van der Waals surface area contributed by atoms with E-state index in [9.17, 15) is 18.3 Å². The zero-order chi connectivity index (χ0) is 15.6. The van der Waals surface area contributed by atoms with Crippen molar-refractivity contribution in [1.29, 1.82) is 0 Å². The lowest BCUT2D eigenvalue weighted by Gasteiger charge is -2.21. The van der Waals surface area contributed by atoms with Crippen molar-refractivity contribution in [2.45, 2.75) is 24.3 Å². The Bertz CT molecular complexity index is 614. The number of methoxy groups -OCH3 is 2. The van der Waals surface area contributed by atoms with E-state index in [1.807, 2.05) is 0 Å². The van der Waals surface area contributed by atoms with E-state index in [4.69, 9.17) is 4.74 Å². The first-order chi connectivity index (χ1) is 9.87.